The summed E-state index contributed by atoms with van der Waals surface area (Å²) in [5, 5.41) is 0.154. The van der Waals surface area contributed by atoms with Crippen molar-refractivity contribution in [3.8, 4) is 0 Å². The molecule has 2 aliphatic rings. The van der Waals surface area contributed by atoms with Crippen LogP contribution in [-0.2, 0) is 19.4 Å². The lowest BCUT2D eigenvalue weighted by atomic mass is 10.00. The lowest BCUT2D eigenvalue weighted by Crippen LogP contribution is -2.29. The summed E-state index contributed by atoms with van der Waals surface area (Å²) < 4.78 is 1.89. The maximum absolute atomic E-state index is 12.0. The maximum atomic E-state index is 12.0. The lowest BCUT2D eigenvalue weighted by Gasteiger charge is -2.20. The van der Waals surface area contributed by atoms with Gasteiger partial charge in [0.15, 0.2) is 5.15 Å². The van der Waals surface area contributed by atoms with Crippen LogP contribution >= 0.6 is 11.6 Å². The first-order chi connectivity index (χ1) is 7.75. The van der Waals surface area contributed by atoms with Crippen LogP contribution in [0.25, 0.3) is 0 Å². The topological polar surface area (TPSA) is 34.9 Å². The fourth-order valence-corrected chi connectivity index (χ4v) is 2.64. The van der Waals surface area contributed by atoms with Gasteiger partial charge in [0, 0.05) is 12.2 Å². The van der Waals surface area contributed by atoms with Crippen molar-refractivity contribution < 1.29 is 0 Å². The third kappa shape index (κ3) is 1.77. The number of fused-ring (bicyclic) bond motifs is 1. The van der Waals surface area contributed by atoms with E-state index in [4.69, 9.17) is 11.6 Å². The zero-order valence-electron chi connectivity index (χ0n) is 9.21. The van der Waals surface area contributed by atoms with Gasteiger partial charge in [-0.05, 0) is 44.4 Å². The molecule has 0 spiro atoms. The molecule has 1 aromatic heterocycles. The van der Waals surface area contributed by atoms with E-state index in [-0.39, 0.29) is 10.7 Å². The highest BCUT2D eigenvalue weighted by Crippen LogP contribution is 2.31. The molecule has 1 aromatic rings. The van der Waals surface area contributed by atoms with Crippen molar-refractivity contribution in [2.75, 3.05) is 0 Å². The van der Waals surface area contributed by atoms with Crippen molar-refractivity contribution in [3.63, 3.8) is 0 Å². The Balaban J connectivity index is 2.10. The number of rotatable bonds is 2. The number of aryl methyl sites for hydroxylation is 1. The summed E-state index contributed by atoms with van der Waals surface area (Å²) in [7, 11) is 0. The van der Waals surface area contributed by atoms with E-state index in [1.807, 2.05) is 4.57 Å². The third-order valence-corrected chi connectivity index (χ3v) is 3.77. The first-order valence-electron chi connectivity index (χ1n) is 6.04. The Kier molecular flexibility index (Phi) is 2.51. The Morgan fingerprint density at radius 1 is 1.31 bits per heavy atom. The molecule has 0 atom stereocenters. The Hall–Kier alpha value is -0.830. The highest BCUT2D eigenvalue weighted by atomic mass is 35.5. The van der Waals surface area contributed by atoms with Gasteiger partial charge in [-0.2, -0.15) is 0 Å². The van der Waals surface area contributed by atoms with Gasteiger partial charge in [-0.15, -0.1) is 0 Å². The number of aromatic nitrogens is 2. The minimum absolute atomic E-state index is 0.0887. The molecule has 4 heteroatoms. The monoisotopic (exact) mass is 238 g/mol. The largest absolute Gasteiger partial charge is 0.308 e. The summed E-state index contributed by atoms with van der Waals surface area (Å²) in [4.78, 5) is 16.2. The molecule has 0 aromatic carbocycles. The smallest absolute Gasteiger partial charge is 0.288 e. The summed E-state index contributed by atoms with van der Waals surface area (Å²) in [6.07, 6.45) is 6.79. The van der Waals surface area contributed by atoms with Crippen LogP contribution in [-0.4, -0.2) is 9.55 Å². The molecular weight excluding hydrogens is 224 g/mol. The Morgan fingerprint density at radius 2 is 2.06 bits per heavy atom. The first-order valence-corrected chi connectivity index (χ1v) is 6.41. The number of nitrogens with zero attached hydrogens (tertiary/aromatic N) is 2. The first kappa shape index (κ1) is 10.3. The molecule has 0 amide bonds. The van der Waals surface area contributed by atoms with Crippen LogP contribution in [0.15, 0.2) is 4.79 Å². The minimum Gasteiger partial charge on any atom is -0.308 e. The van der Waals surface area contributed by atoms with Gasteiger partial charge in [0.25, 0.3) is 5.56 Å². The molecule has 3 nitrogen and oxygen atoms in total. The van der Waals surface area contributed by atoms with Gasteiger partial charge < -0.3 is 4.57 Å². The summed E-state index contributed by atoms with van der Waals surface area (Å²) >= 11 is 5.91. The van der Waals surface area contributed by atoms with Crippen LogP contribution < -0.4 is 5.56 Å². The standard InChI is InChI=1S/C12H15ClN2O/c13-11-12(16)15(7-8-5-6-8)10-4-2-1-3-9(10)14-11/h8H,1-7H2. The highest BCUT2D eigenvalue weighted by Gasteiger charge is 2.26. The maximum Gasteiger partial charge on any atom is 0.288 e. The fraction of sp³-hybridized carbons (Fsp3) is 0.667. The number of hydrogen-bond acceptors (Lipinski definition) is 2. The van der Waals surface area contributed by atoms with Crippen molar-refractivity contribution in [1.82, 2.24) is 9.55 Å². The summed E-state index contributed by atoms with van der Waals surface area (Å²) in [5.74, 6) is 0.696. The van der Waals surface area contributed by atoms with Gasteiger partial charge in [0.2, 0.25) is 0 Å². The van der Waals surface area contributed by atoms with E-state index in [1.54, 1.807) is 0 Å². The van der Waals surface area contributed by atoms with Crippen molar-refractivity contribution >= 4 is 11.6 Å². The predicted molar refractivity (Wildman–Crippen MR) is 62.9 cm³/mol. The SMILES string of the molecule is O=c1c(Cl)nc2c(n1CC1CC1)CCCC2. The second-order valence-electron chi connectivity index (χ2n) is 4.86. The Morgan fingerprint density at radius 3 is 2.81 bits per heavy atom. The molecule has 0 saturated heterocycles. The van der Waals surface area contributed by atoms with E-state index in [2.05, 4.69) is 4.98 Å². The molecule has 0 unspecified atom stereocenters. The zero-order chi connectivity index (χ0) is 11.1. The molecule has 86 valence electrons. The molecule has 1 heterocycles. The Bertz CT molecular complexity index is 477. The van der Waals surface area contributed by atoms with Gasteiger partial charge in [0.1, 0.15) is 0 Å². The molecule has 1 fully saturated rings. The lowest BCUT2D eigenvalue weighted by molar-refractivity contribution is 0.531. The number of hydrogen-bond donors (Lipinski definition) is 0. The van der Waals surface area contributed by atoms with E-state index in [0.29, 0.717) is 5.92 Å². The third-order valence-electron chi connectivity index (χ3n) is 3.53. The van der Waals surface area contributed by atoms with Crippen LogP contribution in [0.1, 0.15) is 37.1 Å². The van der Waals surface area contributed by atoms with Crippen LogP contribution in [0, 0.1) is 5.92 Å². The molecule has 1 saturated carbocycles. The van der Waals surface area contributed by atoms with E-state index in [0.717, 1.165) is 37.2 Å². The van der Waals surface area contributed by atoms with Crippen LogP contribution in [0.5, 0.6) is 0 Å². The average molecular weight is 239 g/mol. The molecule has 0 bridgehead atoms. The van der Waals surface area contributed by atoms with Crippen molar-refractivity contribution in [3.05, 3.63) is 26.9 Å². The summed E-state index contributed by atoms with van der Waals surface area (Å²) in [6, 6.07) is 0. The van der Waals surface area contributed by atoms with Gasteiger partial charge in [-0.25, -0.2) is 4.98 Å². The molecular formula is C12H15ClN2O. The molecule has 0 radical (unpaired) electrons. The highest BCUT2D eigenvalue weighted by molar-refractivity contribution is 6.29. The van der Waals surface area contributed by atoms with Gasteiger partial charge in [0.05, 0.1) is 5.69 Å². The quantitative estimate of drug-likeness (QED) is 0.792. The average Bonchev–Trinajstić information content (AvgIpc) is 3.08. The minimum atomic E-state index is -0.0887. The van der Waals surface area contributed by atoms with Crippen LogP contribution in [0.3, 0.4) is 0 Å². The number of halogens is 1. The molecule has 16 heavy (non-hydrogen) atoms. The van der Waals surface area contributed by atoms with E-state index >= 15 is 0 Å². The van der Waals surface area contributed by atoms with Crippen LogP contribution in [0.2, 0.25) is 5.15 Å². The van der Waals surface area contributed by atoms with E-state index in [9.17, 15) is 4.79 Å². The van der Waals surface area contributed by atoms with Gasteiger partial charge >= 0.3 is 0 Å². The van der Waals surface area contributed by atoms with E-state index < -0.39 is 0 Å². The second-order valence-corrected chi connectivity index (χ2v) is 5.22. The molecule has 0 N–H and O–H groups in total. The summed E-state index contributed by atoms with van der Waals surface area (Å²) in [6.45, 7) is 0.851. The molecule has 2 aliphatic carbocycles. The predicted octanol–water partition coefficient (Wildman–Crippen LogP) is 2.19. The second kappa shape index (κ2) is 3.88. The summed E-state index contributed by atoms with van der Waals surface area (Å²) in [5.41, 5.74) is 2.11. The van der Waals surface area contributed by atoms with Crippen molar-refractivity contribution in [2.24, 2.45) is 5.92 Å². The van der Waals surface area contributed by atoms with Crippen LogP contribution in [0.4, 0.5) is 0 Å². The van der Waals surface area contributed by atoms with Gasteiger partial charge in [-0.3, -0.25) is 4.79 Å². The fourth-order valence-electron chi connectivity index (χ4n) is 2.44. The Labute approximate surface area is 99.5 Å². The van der Waals surface area contributed by atoms with Crippen molar-refractivity contribution in [2.45, 2.75) is 45.1 Å². The van der Waals surface area contributed by atoms with Crippen molar-refractivity contribution in [1.29, 1.82) is 0 Å². The molecule has 0 aliphatic heterocycles. The normalized spacial score (nSPS) is 19.6. The van der Waals surface area contributed by atoms with E-state index in [1.165, 1.54) is 19.3 Å². The molecule has 3 rings (SSSR count). The zero-order valence-corrected chi connectivity index (χ0v) is 9.96. The van der Waals surface area contributed by atoms with Gasteiger partial charge in [-0.1, -0.05) is 11.6 Å².